The van der Waals surface area contributed by atoms with Gasteiger partial charge in [0, 0.05) is 12.8 Å². The molecule has 5 aromatic rings. The van der Waals surface area contributed by atoms with E-state index >= 15 is 0 Å². The Morgan fingerprint density at radius 3 is 1.43 bits per heavy atom. The van der Waals surface area contributed by atoms with Crippen LogP contribution in [0.1, 0.15) is 24.0 Å². The molecule has 0 radical (unpaired) electrons. The molecule has 35 heavy (non-hydrogen) atoms. The van der Waals surface area contributed by atoms with E-state index in [1.807, 2.05) is 0 Å². The third-order valence-corrected chi connectivity index (χ3v) is 6.32. The highest BCUT2D eigenvalue weighted by Gasteiger charge is 2.09. The minimum absolute atomic E-state index is 0.918. The molecule has 2 aromatic carbocycles. The van der Waals surface area contributed by atoms with Crippen LogP contribution in [0.2, 0.25) is 0 Å². The lowest BCUT2D eigenvalue weighted by molar-refractivity contribution is -0.697. The van der Waals surface area contributed by atoms with Crippen LogP contribution >= 0.6 is 0 Å². The van der Waals surface area contributed by atoms with Crippen LogP contribution in [0.4, 0.5) is 0 Å². The van der Waals surface area contributed by atoms with Crippen LogP contribution in [0.3, 0.4) is 0 Å². The van der Waals surface area contributed by atoms with Gasteiger partial charge in [-0.05, 0) is 11.1 Å². The second-order valence-corrected chi connectivity index (χ2v) is 9.22. The lowest BCUT2D eigenvalue weighted by Gasteiger charge is -1.98. The number of hydrogen-bond donors (Lipinski definition) is 0. The van der Waals surface area contributed by atoms with Crippen molar-refractivity contribution in [2.45, 2.75) is 52.1 Å². The standard InChI is InChI=1S/C29H35N6/c1-3-9-28(10-4-1)23-34-21-19-32(26-34)15-7-13-30-17-18-31(25-30)14-8-16-33-20-22-35(27-33)24-29-11-5-2-6-12-29/h1-6,9-12,17-22,25-27H,7-8,13-16,23-24H2/q+3. The van der Waals surface area contributed by atoms with Crippen LogP contribution < -0.4 is 13.7 Å². The predicted molar refractivity (Wildman–Crippen MR) is 134 cm³/mol. The van der Waals surface area contributed by atoms with Gasteiger partial charge in [-0.3, -0.25) is 0 Å². The van der Waals surface area contributed by atoms with Crippen LogP contribution in [0, 0.1) is 0 Å². The zero-order valence-corrected chi connectivity index (χ0v) is 20.3. The highest BCUT2D eigenvalue weighted by molar-refractivity contribution is 5.13. The Morgan fingerprint density at radius 1 is 0.486 bits per heavy atom. The summed E-state index contributed by atoms with van der Waals surface area (Å²) >= 11 is 0. The van der Waals surface area contributed by atoms with Gasteiger partial charge in [-0.15, -0.1) is 0 Å². The van der Waals surface area contributed by atoms with Gasteiger partial charge in [-0.1, -0.05) is 60.7 Å². The number of aromatic nitrogens is 6. The molecule has 3 heterocycles. The molecule has 3 aromatic heterocycles. The molecule has 6 nitrogen and oxygen atoms in total. The fourth-order valence-electron chi connectivity index (χ4n) is 4.49. The molecule has 0 bridgehead atoms. The first-order valence-electron chi connectivity index (χ1n) is 12.5. The zero-order valence-electron chi connectivity index (χ0n) is 20.3. The maximum Gasteiger partial charge on any atom is 0.244 e. The van der Waals surface area contributed by atoms with Crippen molar-refractivity contribution in [2.24, 2.45) is 0 Å². The molecule has 0 atom stereocenters. The first-order valence-corrected chi connectivity index (χ1v) is 12.5. The average molecular weight is 468 g/mol. The topological polar surface area (TPSA) is 26.4 Å². The molecule has 0 N–H and O–H groups in total. The largest absolute Gasteiger partial charge is 0.244 e. The van der Waals surface area contributed by atoms with Gasteiger partial charge in [-0.25, -0.2) is 27.4 Å². The van der Waals surface area contributed by atoms with Gasteiger partial charge < -0.3 is 0 Å². The molecular formula is C29H35N6+3. The Balaban J connectivity index is 1.02. The van der Waals surface area contributed by atoms with E-state index < -0.39 is 0 Å². The lowest BCUT2D eigenvalue weighted by atomic mass is 10.2. The Morgan fingerprint density at radius 2 is 0.914 bits per heavy atom. The monoisotopic (exact) mass is 467 g/mol. The summed E-state index contributed by atoms with van der Waals surface area (Å²) in [6, 6.07) is 21.2. The highest BCUT2D eigenvalue weighted by atomic mass is 15.1. The van der Waals surface area contributed by atoms with Crippen molar-refractivity contribution in [1.82, 2.24) is 13.7 Å². The van der Waals surface area contributed by atoms with Gasteiger partial charge in [0.2, 0.25) is 19.0 Å². The van der Waals surface area contributed by atoms with E-state index in [-0.39, 0.29) is 0 Å². The molecule has 6 heteroatoms. The Kier molecular flexibility index (Phi) is 7.49. The number of nitrogens with zero attached hydrogens (tertiary/aromatic N) is 6. The lowest BCUT2D eigenvalue weighted by Crippen LogP contribution is -2.32. The maximum absolute atomic E-state index is 2.30. The Labute approximate surface area is 207 Å². The number of rotatable bonds is 12. The minimum Gasteiger partial charge on any atom is -0.237 e. The fraction of sp³-hybridized carbons (Fsp3) is 0.276. The molecule has 5 rings (SSSR count). The van der Waals surface area contributed by atoms with Gasteiger partial charge in [0.15, 0.2) is 0 Å². The summed E-state index contributed by atoms with van der Waals surface area (Å²) in [5.41, 5.74) is 2.66. The van der Waals surface area contributed by atoms with Crippen LogP contribution in [0.25, 0.3) is 0 Å². The van der Waals surface area contributed by atoms with Crippen molar-refractivity contribution < 1.29 is 13.7 Å². The fourth-order valence-corrected chi connectivity index (χ4v) is 4.49. The van der Waals surface area contributed by atoms with E-state index in [0.717, 1.165) is 52.1 Å². The molecule has 0 saturated heterocycles. The molecule has 0 amide bonds. The van der Waals surface area contributed by atoms with Crippen molar-refractivity contribution in [1.29, 1.82) is 0 Å². The van der Waals surface area contributed by atoms with Gasteiger partial charge in [-0.2, -0.15) is 0 Å². The van der Waals surface area contributed by atoms with Crippen LogP contribution in [-0.2, 0) is 39.3 Å². The molecule has 0 spiro atoms. The van der Waals surface area contributed by atoms with E-state index in [4.69, 9.17) is 0 Å². The quantitative estimate of drug-likeness (QED) is 0.252. The predicted octanol–water partition coefficient (Wildman–Crippen LogP) is 3.23. The normalized spacial score (nSPS) is 11.2. The zero-order chi connectivity index (χ0) is 23.7. The molecule has 0 fully saturated rings. The van der Waals surface area contributed by atoms with Crippen LogP contribution in [0.15, 0.2) is 117 Å². The summed E-state index contributed by atoms with van der Waals surface area (Å²) in [6.07, 6.45) is 21.9. The van der Waals surface area contributed by atoms with Crippen molar-refractivity contribution in [2.75, 3.05) is 0 Å². The molecule has 0 saturated carbocycles. The number of benzene rings is 2. The SMILES string of the molecule is c1ccc(C[n+]2ccn(CCCn3cc[n+](CCCn4cc[n+](Cc5ccccc5)c4)c3)c2)cc1. The van der Waals surface area contributed by atoms with Gasteiger partial charge in [0.05, 0.1) is 26.2 Å². The van der Waals surface area contributed by atoms with Crippen LogP contribution in [0.5, 0.6) is 0 Å². The van der Waals surface area contributed by atoms with Crippen molar-refractivity contribution >= 4 is 0 Å². The summed E-state index contributed by atoms with van der Waals surface area (Å²) in [6.45, 7) is 5.94. The third-order valence-electron chi connectivity index (χ3n) is 6.32. The summed E-state index contributed by atoms with van der Waals surface area (Å²) in [5.74, 6) is 0. The second kappa shape index (κ2) is 11.5. The van der Waals surface area contributed by atoms with E-state index in [0.29, 0.717) is 0 Å². The van der Waals surface area contributed by atoms with E-state index in [1.54, 1.807) is 0 Å². The van der Waals surface area contributed by atoms with Crippen molar-refractivity contribution in [3.05, 3.63) is 128 Å². The van der Waals surface area contributed by atoms with Gasteiger partial charge in [0.1, 0.15) is 50.3 Å². The molecule has 178 valence electrons. The summed E-state index contributed by atoms with van der Waals surface area (Å²) in [7, 11) is 0. The van der Waals surface area contributed by atoms with E-state index in [9.17, 15) is 0 Å². The Bertz CT molecular complexity index is 1200. The van der Waals surface area contributed by atoms with Crippen LogP contribution in [-0.4, -0.2) is 13.7 Å². The third kappa shape index (κ3) is 6.79. The first-order chi connectivity index (χ1) is 17.3. The molecule has 0 aliphatic heterocycles. The summed E-state index contributed by atoms with van der Waals surface area (Å²) in [4.78, 5) is 0. The smallest absolute Gasteiger partial charge is 0.237 e. The van der Waals surface area contributed by atoms with Gasteiger partial charge in [0.25, 0.3) is 0 Å². The summed E-state index contributed by atoms with van der Waals surface area (Å²) in [5, 5.41) is 0. The molecule has 0 aliphatic carbocycles. The molecule has 0 unspecified atom stereocenters. The van der Waals surface area contributed by atoms with E-state index in [2.05, 4.69) is 144 Å². The highest BCUT2D eigenvalue weighted by Crippen LogP contribution is 2.00. The maximum atomic E-state index is 2.30. The number of hydrogen-bond acceptors (Lipinski definition) is 0. The van der Waals surface area contributed by atoms with Crippen molar-refractivity contribution in [3.8, 4) is 0 Å². The molecule has 0 aliphatic rings. The van der Waals surface area contributed by atoms with Crippen molar-refractivity contribution in [3.63, 3.8) is 0 Å². The summed E-state index contributed by atoms with van der Waals surface area (Å²) < 4.78 is 13.6. The molecular weight excluding hydrogens is 432 g/mol. The first kappa shape index (κ1) is 22.8. The minimum atomic E-state index is 0.918. The van der Waals surface area contributed by atoms with E-state index in [1.165, 1.54) is 11.1 Å². The Hall–Kier alpha value is -3.93. The van der Waals surface area contributed by atoms with Gasteiger partial charge >= 0.3 is 0 Å². The number of aryl methyl sites for hydroxylation is 4. The average Bonchev–Trinajstić information content (AvgIpc) is 3.63. The number of imidazole rings is 3. The second-order valence-electron chi connectivity index (χ2n) is 9.22.